The van der Waals surface area contributed by atoms with E-state index >= 15 is 0 Å². The van der Waals surface area contributed by atoms with Crippen LogP contribution in [0.4, 0.5) is 5.82 Å². The Labute approximate surface area is 114 Å². The van der Waals surface area contributed by atoms with E-state index in [1.807, 2.05) is 6.07 Å². The van der Waals surface area contributed by atoms with Crippen LogP contribution in [-0.2, 0) is 4.79 Å². The van der Waals surface area contributed by atoms with Crippen molar-refractivity contribution in [2.24, 2.45) is 0 Å². The molecule has 18 heavy (non-hydrogen) atoms. The molecule has 0 spiro atoms. The van der Waals surface area contributed by atoms with E-state index in [0.29, 0.717) is 5.92 Å². The average molecular weight is 311 g/mol. The molecule has 1 aromatic rings. The third-order valence-corrected chi connectivity index (χ3v) is 3.67. The van der Waals surface area contributed by atoms with Crippen LogP contribution < -0.4 is 10.6 Å². The second kappa shape index (κ2) is 4.84. The number of carbonyl (C=O) groups is 1. The minimum atomic E-state index is -0.174. The Balaban J connectivity index is 1.76. The lowest BCUT2D eigenvalue weighted by atomic mass is 10.1. The van der Waals surface area contributed by atoms with Crippen molar-refractivity contribution in [2.45, 2.75) is 37.6 Å². The molecule has 6 heteroatoms. The van der Waals surface area contributed by atoms with Crippen molar-refractivity contribution in [1.82, 2.24) is 15.3 Å². The Kier molecular flexibility index (Phi) is 3.20. The molecule has 1 amide bonds. The normalized spacial score (nSPS) is 23.6. The zero-order valence-corrected chi connectivity index (χ0v) is 11.5. The summed E-state index contributed by atoms with van der Waals surface area (Å²) in [7, 11) is 0. The number of hydrogen-bond donors (Lipinski definition) is 2. The highest BCUT2D eigenvalue weighted by atomic mass is 79.9. The van der Waals surface area contributed by atoms with Gasteiger partial charge in [-0.1, -0.05) is 0 Å². The summed E-state index contributed by atoms with van der Waals surface area (Å²) in [6.07, 6.45) is 4.19. The van der Waals surface area contributed by atoms with Crippen LogP contribution in [-0.4, -0.2) is 28.5 Å². The number of halogens is 1. The summed E-state index contributed by atoms with van der Waals surface area (Å²) in [5.74, 6) is 2.18. The second-order valence-corrected chi connectivity index (χ2v) is 5.65. The Morgan fingerprint density at radius 2 is 2.17 bits per heavy atom. The molecule has 1 saturated heterocycles. The van der Waals surface area contributed by atoms with Gasteiger partial charge in [0.25, 0.3) is 0 Å². The predicted octanol–water partition coefficient (Wildman–Crippen LogP) is 1.81. The molecule has 0 bridgehead atoms. The highest BCUT2D eigenvalue weighted by molar-refractivity contribution is 9.10. The second-order valence-electron chi connectivity index (χ2n) is 4.84. The number of piperidine rings is 1. The van der Waals surface area contributed by atoms with E-state index in [2.05, 4.69) is 36.5 Å². The summed E-state index contributed by atoms with van der Waals surface area (Å²) < 4.78 is 0.776. The zero-order chi connectivity index (χ0) is 12.5. The van der Waals surface area contributed by atoms with Gasteiger partial charge in [0.2, 0.25) is 5.91 Å². The number of nitrogens with zero attached hydrogens (tertiary/aromatic N) is 2. The third-order valence-electron chi connectivity index (χ3n) is 3.26. The van der Waals surface area contributed by atoms with Gasteiger partial charge in [-0.2, -0.15) is 0 Å². The monoisotopic (exact) mass is 310 g/mol. The van der Waals surface area contributed by atoms with E-state index in [9.17, 15) is 4.79 Å². The van der Waals surface area contributed by atoms with E-state index in [1.54, 1.807) is 0 Å². The van der Waals surface area contributed by atoms with Gasteiger partial charge in [-0.25, -0.2) is 9.97 Å². The summed E-state index contributed by atoms with van der Waals surface area (Å²) in [6, 6.07) is 1.65. The molecule has 2 aliphatic rings. The van der Waals surface area contributed by atoms with Crippen molar-refractivity contribution < 1.29 is 4.79 Å². The molecule has 0 aromatic carbocycles. The van der Waals surface area contributed by atoms with Crippen LogP contribution in [0.15, 0.2) is 10.7 Å². The Morgan fingerprint density at radius 3 is 2.89 bits per heavy atom. The number of hydrogen-bond acceptors (Lipinski definition) is 4. The topological polar surface area (TPSA) is 66.9 Å². The van der Waals surface area contributed by atoms with Gasteiger partial charge in [0.1, 0.15) is 22.3 Å². The predicted molar refractivity (Wildman–Crippen MR) is 71.4 cm³/mol. The van der Waals surface area contributed by atoms with Gasteiger partial charge in [-0.3, -0.25) is 4.79 Å². The van der Waals surface area contributed by atoms with Crippen molar-refractivity contribution in [1.29, 1.82) is 0 Å². The zero-order valence-electron chi connectivity index (χ0n) is 9.95. The molecule has 96 valence electrons. The van der Waals surface area contributed by atoms with Crippen LogP contribution in [0.2, 0.25) is 0 Å². The fourth-order valence-electron chi connectivity index (χ4n) is 2.12. The molecular weight excluding hydrogens is 296 g/mol. The smallest absolute Gasteiger partial charge is 0.242 e. The average Bonchev–Trinajstić information content (AvgIpc) is 3.15. The van der Waals surface area contributed by atoms with Gasteiger partial charge in [0.05, 0.1) is 0 Å². The van der Waals surface area contributed by atoms with Crippen molar-refractivity contribution in [2.75, 3.05) is 11.9 Å². The lowest BCUT2D eigenvalue weighted by Gasteiger charge is -2.23. The molecule has 1 aliphatic heterocycles. The maximum absolute atomic E-state index is 11.7. The van der Waals surface area contributed by atoms with Crippen LogP contribution in [0.3, 0.4) is 0 Å². The lowest BCUT2D eigenvalue weighted by molar-refractivity contribution is -0.123. The fraction of sp³-hybridized carbons (Fsp3) is 0.583. The summed E-state index contributed by atoms with van der Waals surface area (Å²) in [6.45, 7) is 0.776. The summed E-state index contributed by atoms with van der Waals surface area (Å²) in [4.78, 5) is 20.6. The van der Waals surface area contributed by atoms with Crippen molar-refractivity contribution in [3.05, 3.63) is 16.5 Å². The molecule has 2 heterocycles. The Hall–Kier alpha value is -1.17. The quantitative estimate of drug-likeness (QED) is 0.836. The van der Waals surface area contributed by atoms with Crippen LogP contribution >= 0.6 is 15.9 Å². The van der Waals surface area contributed by atoms with Crippen molar-refractivity contribution in [3.63, 3.8) is 0 Å². The van der Waals surface area contributed by atoms with Gasteiger partial charge >= 0.3 is 0 Å². The molecule has 2 N–H and O–H groups in total. The highest BCUT2D eigenvalue weighted by Gasteiger charge is 2.28. The molecule has 1 atom stereocenters. The summed E-state index contributed by atoms with van der Waals surface area (Å²) in [5, 5.41) is 6.06. The van der Waals surface area contributed by atoms with Gasteiger partial charge < -0.3 is 10.6 Å². The largest absolute Gasteiger partial charge is 0.358 e. The number of amides is 1. The maximum Gasteiger partial charge on any atom is 0.242 e. The molecule has 3 rings (SSSR count). The van der Waals surface area contributed by atoms with E-state index in [1.165, 1.54) is 12.8 Å². The number of aromatic nitrogens is 2. The first-order chi connectivity index (χ1) is 8.72. The standard InChI is InChI=1S/C12H15BrN4O/c13-9-6-10(17-11(16-9)7-3-4-7)15-8-2-1-5-14-12(8)18/h6-8H,1-5H2,(H,14,18)(H,15,16,17). The Morgan fingerprint density at radius 1 is 1.33 bits per heavy atom. The maximum atomic E-state index is 11.7. The Bertz CT molecular complexity index is 475. The van der Waals surface area contributed by atoms with Crippen LogP contribution in [0.5, 0.6) is 0 Å². The van der Waals surface area contributed by atoms with Gasteiger partial charge in [-0.15, -0.1) is 0 Å². The molecule has 1 aromatic heterocycles. The van der Waals surface area contributed by atoms with Gasteiger partial charge in [0.15, 0.2) is 0 Å². The van der Waals surface area contributed by atoms with Crippen molar-refractivity contribution >= 4 is 27.7 Å². The molecule has 1 unspecified atom stereocenters. The van der Waals surface area contributed by atoms with E-state index < -0.39 is 0 Å². The van der Waals surface area contributed by atoms with Crippen molar-refractivity contribution in [3.8, 4) is 0 Å². The number of rotatable bonds is 3. The fourth-order valence-corrected chi connectivity index (χ4v) is 2.52. The third kappa shape index (κ3) is 2.63. The summed E-state index contributed by atoms with van der Waals surface area (Å²) >= 11 is 3.40. The van der Waals surface area contributed by atoms with Gasteiger partial charge in [0, 0.05) is 18.5 Å². The summed E-state index contributed by atoms with van der Waals surface area (Å²) in [5.41, 5.74) is 0. The van der Waals surface area contributed by atoms with E-state index in [-0.39, 0.29) is 11.9 Å². The molecule has 1 aliphatic carbocycles. The number of anilines is 1. The van der Waals surface area contributed by atoms with Crippen LogP contribution in [0, 0.1) is 0 Å². The SMILES string of the molecule is O=C1NCCCC1Nc1cc(Br)nc(C2CC2)n1. The van der Waals surface area contributed by atoms with Gasteiger partial charge in [-0.05, 0) is 41.6 Å². The van der Waals surface area contributed by atoms with E-state index in [0.717, 1.165) is 35.6 Å². The first-order valence-electron chi connectivity index (χ1n) is 6.31. The molecule has 1 saturated carbocycles. The van der Waals surface area contributed by atoms with Crippen LogP contribution in [0.1, 0.15) is 37.4 Å². The number of carbonyl (C=O) groups excluding carboxylic acids is 1. The number of nitrogens with one attached hydrogen (secondary N) is 2. The highest BCUT2D eigenvalue weighted by Crippen LogP contribution is 2.38. The van der Waals surface area contributed by atoms with Crippen LogP contribution in [0.25, 0.3) is 0 Å². The first-order valence-corrected chi connectivity index (χ1v) is 7.10. The first kappa shape index (κ1) is 11.9. The van der Waals surface area contributed by atoms with E-state index in [4.69, 9.17) is 0 Å². The molecule has 0 radical (unpaired) electrons. The lowest BCUT2D eigenvalue weighted by Crippen LogP contribution is -2.44. The minimum Gasteiger partial charge on any atom is -0.358 e. The minimum absolute atomic E-state index is 0.0592. The molecule has 2 fully saturated rings. The molecular formula is C12H15BrN4O. The molecule has 5 nitrogen and oxygen atoms in total.